The lowest BCUT2D eigenvalue weighted by molar-refractivity contribution is -0.141. The Hall–Kier alpha value is -3.18. The average Bonchev–Trinajstić information content (AvgIpc) is 3.17. The van der Waals surface area contributed by atoms with Crippen molar-refractivity contribution >= 4 is 56.8 Å². The van der Waals surface area contributed by atoms with E-state index < -0.39 is 23.3 Å². The maximum Gasteiger partial charge on any atom is 0.325 e. The molecule has 0 aliphatic carbocycles. The van der Waals surface area contributed by atoms with Gasteiger partial charge in [-0.05, 0) is 23.6 Å². The number of aromatic nitrogens is 2. The number of anilines is 1. The number of rotatable bonds is 7. The smallest absolute Gasteiger partial charge is 0.325 e. The van der Waals surface area contributed by atoms with Gasteiger partial charge in [0.2, 0.25) is 5.91 Å². The molecule has 0 bridgehead atoms. The van der Waals surface area contributed by atoms with E-state index in [1.54, 1.807) is 29.6 Å². The first-order chi connectivity index (χ1) is 13.9. The van der Waals surface area contributed by atoms with E-state index >= 15 is 0 Å². The molecule has 0 fully saturated rings. The highest BCUT2D eigenvalue weighted by Gasteiger charge is 2.17. The summed E-state index contributed by atoms with van der Waals surface area (Å²) in [6, 6.07) is 8.25. The van der Waals surface area contributed by atoms with Gasteiger partial charge < -0.3 is 15.8 Å². The number of thioether (sulfide) groups is 1. The van der Waals surface area contributed by atoms with Gasteiger partial charge in [-0.1, -0.05) is 23.9 Å². The molecule has 0 unspecified atom stereocenters. The van der Waals surface area contributed by atoms with E-state index in [9.17, 15) is 19.2 Å². The molecule has 0 saturated heterocycles. The third kappa shape index (κ3) is 4.63. The first-order valence-corrected chi connectivity index (χ1v) is 10.1. The maximum absolute atomic E-state index is 12.8. The minimum atomic E-state index is -0.641. The molecule has 0 saturated carbocycles. The summed E-state index contributed by atoms with van der Waals surface area (Å²) in [5.41, 5.74) is 5.54. The van der Waals surface area contributed by atoms with Crippen LogP contribution in [-0.2, 0) is 20.9 Å². The molecular weight excluding hydrogens is 416 g/mol. The van der Waals surface area contributed by atoms with Gasteiger partial charge in [-0.25, -0.2) is 4.98 Å². The number of amides is 2. The number of nitrogens with zero attached hydrogens (tertiary/aromatic N) is 2. The number of thiophene rings is 1. The van der Waals surface area contributed by atoms with E-state index in [1.807, 2.05) is 0 Å². The highest BCUT2D eigenvalue weighted by Crippen LogP contribution is 2.24. The molecule has 0 aliphatic rings. The van der Waals surface area contributed by atoms with Crippen molar-refractivity contribution in [1.29, 1.82) is 0 Å². The minimum absolute atomic E-state index is 0.0952. The summed E-state index contributed by atoms with van der Waals surface area (Å²) in [5, 5.41) is 5.17. The molecule has 3 aromatic rings. The van der Waals surface area contributed by atoms with Gasteiger partial charge in [-0.15, -0.1) is 11.3 Å². The molecule has 0 radical (unpaired) electrons. The van der Waals surface area contributed by atoms with Gasteiger partial charge in [-0.3, -0.25) is 23.7 Å². The highest BCUT2D eigenvalue weighted by atomic mass is 32.2. The summed E-state index contributed by atoms with van der Waals surface area (Å²) >= 11 is 2.17. The predicted octanol–water partition coefficient (Wildman–Crippen LogP) is 1.46. The van der Waals surface area contributed by atoms with Gasteiger partial charge in [0, 0.05) is 0 Å². The second-order valence-electron chi connectivity index (χ2n) is 5.74. The zero-order chi connectivity index (χ0) is 21.0. The first-order valence-electron chi connectivity index (χ1n) is 8.27. The quantitative estimate of drug-likeness (QED) is 0.328. The number of carbonyl (C=O) groups is 3. The number of nitrogens with two attached hydrogens (primary N) is 1. The van der Waals surface area contributed by atoms with Gasteiger partial charge in [-0.2, -0.15) is 0 Å². The Morgan fingerprint density at radius 2 is 2.03 bits per heavy atom. The van der Waals surface area contributed by atoms with Gasteiger partial charge in [0.15, 0.2) is 5.16 Å². The molecule has 9 nitrogen and oxygen atoms in total. The fourth-order valence-corrected chi connectivity index (χ4v) is 4.09. The van der Waals surface area contributed by atoms with Crippen LogP contribution in [0.3, 0.4) is 0 Å². The monoisotopic (exact) mass is 432 g/mol. The van der Waals surface area contributed by atoms with E-state index in [0.29, 0.717) is 15.9 Å². The van der Waals surface area contributed by atoms with Gasteiger partial charge >= 0.3 is 5.97 Å². The lowest BCUT2D eigenvalue weighted by Gasteiger charge is -2.12. The van der Waals surface area contributed by atoms with Crippen LogP contribution in [-0.4, -0.2) is 40.2 Å². The molecule has 150 valence electrons. The SMILES string of the molecule is COC(=O)Cn1c(SCC(=O)Nc2sccc2C(N)=O)nc2ccccc2c1=O. The highest BCUT2D eigenvalue weighted by molar-refractivity contribution is 7.99. The Kier molecular flexibility index (Phi) is 6.29. The van der Waals surface area contributed by atoms with Crippen LogP contribution in [0, 0.1) is 0 Å². The number of fused-ring (bicyclic) bond motifs is 1. The Balaban J connectivity index is 1.84. The van der Waals surface area contributed by atoms with Crippen LogP contribution in [0.5, 0.6) is 0 Å². The van der Waals surface area contributed by atoms with Crippen molar-refractivity contribution < 1.29 is 19.1 Å². The summed E-state index contributed by atoms with van der Waals surface area (Å²) < 4.78 is 5.82. The number of para-hydroxylation sites is 1. The van der Waals surface area contributed by atoms with Crippen LogP contribution >= 0.6 is 23.1 Å². The van der Waals surface area contributed by atoms with E-state index in [0.717, 1.165) is 11.8 Å². The number of esters is 1. The summed E-state index contributed by atoms with van der Waals surface area (Å²) in [6.45, 7) is -0.326. The van der Waals surface area contributed by atoms with E-state index in [-0.39, 0.29) is 23.0 Å². The second-order valence-corrected chi connectivity index (χ2v) is 7.60. The number of ether oxygens (including phenoxy) is 1. The molecule has 29 heavy (non-hydrogen) atoms. The number of nitrogens with one attached hydrogen (secondary N) is 1. The van der Waals surface area contributed by atoms with Crippen molar-refractivity contribution in [3.8, 4) is 0 Å². The Labute approximate surface area is 172 Å². The second kappa shape index (κ2) is 8.88. The molecular formula is C18H16N4O5S2. The molecule has 11 heteroatoms. The number of carbonyl (C=O) groups excluding carboxylic acids is 3. The van der Waals surface area contributed by atoms with Gasteiger partial charge in [0.25, 0.3) is 11.5 Å². The number of hydrogen-bond acceptors (Lipinski definition) is 8. The van der Waals surface area contributed by atoms with Crippen LogP contribution in [0.2, 0.25) is 0 Å². The number of hydrogen-bond donors (Lipinski definition) is 2. The first kappa shape index (κ1) is 20.6. The molecule has 0 atom stereocenters. The summed E-state index contributed by atoms with van der Waals surface area (Å²) in [6.07, 6.45) is 0. The van der Waals surface area contributed by atoms with Crippen molar-refractivity contribution in [2.75, 3.05) is 18.2 Å². The van der Waals surface area contributed by atoms with Crippen LogP contribution < -0.4 is 16.6 Å². The fourth-order valence-electron chi connectivity index (χ4n) is 2.48. The Bertz CT molecular complexity index is 1150. The van der Waals surface area contributed by atoms with Crippen molar-refractivity contribution in [2.45, 2.75) is 11.7 Å². The summed E-state index contributed by atoms with van der Waals surface area (Å²) in [7, 11) is 1.22. The van der Waals surface area contributed by atoms with Crippen molar-refractivity contribution in [1.82, 2.24) is 9.55 Å². The standard InChI is InChI=1S/C18H16N4O5S2/c1-27-14(24)8-22-17(26)10-4-2-3-5-12(10)20-18(22)29-9-13(23)21-16-11(15(19)25)6-7-28-16/h2-7H,8-9H2,1H3,(H2,19,25)(H,21,23). The van der Waals surface area contributed by atoms with E-state index in [1.165, 1.54) is 29.1 Å². The van der Waals surface area contributed by atoms with Crippen LogP contribution in [0.4, 0.5) is 5.00 Å². The lowest BCUT2D eigenvalue weighted by Crippen LogP contribution is -2.28. The molecule has 3 rings (SSSR count). The number of benzene rings is 1. The molecule has 2 heterocycles. The van der Waals surface area contributed by atoms with Crippen LogP contribution in [0.15, 0.2) is 45.7 Å². The Morgan fingerprint density at radius 3 is 2.76 bits per heavy atom. The Morgan fingerprint density at radius 1 is 1.28 bits per heavy atom. The predicted molar refractivity (Wildman–Crippen MR) is 110 cm³/mol. The third-order valence-electron chi connectivity index (χ3n) is 3.86. The van der Waals surface area contributed by atoms with Gasteiger partial charge in [0.05, 0.1) is 29.3 Å². The van der Waals surface area contributed by atoms with Crippen molar-refractivity contribution in [3.63, 3.8) is 0 Å². The van der Waals surface area contributed by atoms with Crippen molar-refractivity contribution in [2.24, 2.45) is 5.73 Å². The minimum Gasteiger partial charge on any atom is -0.468 e. The normalized spacial score (nSPS) is 10.7. The topological polar surface area (TPSA) is 133 Å². The molecule has 1 aromatic carbocycles. The molecule has 0 aliphatic heterocycles. The van der Waals surface area contributed by atoms with E-state index in [2.05, 4.69) is 15.0 Å². The van der Waals surface area contributed by atoms with Crippen LogP contribution in [0.25, 0.3) is 10.9 Å². The third-order valence-corrected chi connectivity index (χ3v) is 5.66. The largest absolute Gasteiger partial charge is 0.468 e. The van der Waals surface area contributed by atoms with Crippen molar-refractivity contribution in [3.05, 3.63) is 51.6 Å². The van der Waals surface area contributed by atoms with Gasteiger partial charge in [0.1, 0.15) is 11.5 Å². The zero-order valence-electron chi connectivity index (χ0n) is 15.2. The fraction of sp³-hybridized carbons (Fsp3) is 0.167. The maximum atomic E-state index is 12.8. The lowest BCUT2D eigenvalue weighted by atomic mass is 10.2. The molecule has 3 N–H and O–H groups in total. The van der Waals surface area contributed by atoms with Crippen LogP contribution in [0.1, 0.15) is 10.4 Å². The summed E-state index contributed by atoms with van der Waals surface area (Å²) in [5.74, 6) is -1.76. The molecule has 2 aromatic heterocycles. The molecule has 0 spiro atoms. The zero-order valence-corrected chi connectivity index (χ0v) is 16.8. The summed E-state index contributed by atoms with van der Waals surface area (Å²) in [4.78, 5) is 52.6. The van der Waals surface area contributed by atoms with E-state index in [4.69, 9.17) is 5.73 Å². The number of methoxy groups -OCH3 is 1. The number of primary amides is 1. The average molecular weight is 432 g/mol. The molecule has 2 amide bonds.